The van der Waals surface area contributed by atoms with E-state index in [0.717, 1.165) is 44.2 Å². The first-order valence-electron chi connectivity index (χ1n) is 10.7. The van der Waals surface area contributed by atoms with Gasteiger partial charge in [-0.25, -0.2) is 4.79 Å². The van der Waals surface area contributed by atoms with Crippen molar-refractivity contribution < 1.29 is 19.3 Å². The van der Waals surface area contributed by atoms with E-state index in [1.807, 2.05) is 4.90 Å². The van der Waals surface area contributed by atoms with Crippen molar-refractivity contribution in [1.82, 2.24) is 10.2 Å². The third kappa shape index (κ3) is 2.57. The molecule has 2 atom stereocenters. The summed E-state index contributed by atoms with van der Waals surface area (Å²) in [6.07, 6.45) is 6.05. The fourth-order valence-corrected chi connectivity index (χ4v) is 5.89. The van der Waals surface area contributed by atoms with Crippen LogP contribution in [0, 0.1) is 15.5 Å². The van der Waals surface area contributed by atoms with Crippen molar-refractivity contribution in [2.75, 3.05) is 11.4 Å². The van der Waals surface area contributed by atoms with E-state index in [-0.39, 0.29) is 24.2 Å². The molecule has 1 aromatic carbocycles. The minimum Gasteiger partial charge on any atom is -0.367 e. The predicted octanol–water partition coefficient (Wildman–Crippen LogP) is 2.52. The first-order valence-corrected chi connectivity index (χ1v) is 10.7. The standard InChI is InChI=1S/C21H24N4O5/c26-18-21(19(27)24(20(28)22-18)14-5-2-1-3-6-14)12-13-11-15(25(29)30)8-9-16(13)23-10-4-7-17(21)23/h8-9,11,14,17H,1-7,10,12H2,(H,22,26,28)/t17-,21-/m1/s1. The lowest BCUT2D eigenvalue weighted by atomic mass is 9.68. The molecule has 9 nitrogen and oxygen atoms in total. The topological polar surface area (TPSA) is 113 Å². The highest BCUT2D eigenvalue weighted by Gasteiger charge is 2.63. The molecule has 1 aromatic rings. The number of carbonyl (C=O) groups excluding carboxylic acids is 3. The van der Waals surface area contributed by atoms with Gasteiger partial charge in [0.25, 0.3) is 5.69 Å². The van der Waals surface area contributed by atoms with E-state index >= 15 is 0 Å². The normalized spacial score (nSPS) is 29.1. The molecule has 3 heterocycles. The summed E-state index contributed by atoms with van der Waals surface area (Å²) in [6.45, 7) is 0.676. The first kappa shape index (κ1) is 19.0. The van der Waals surface area contributed by atoms with Gasteiger partial charge in [-0.2, -0.15) is 0 Å². The zero-order valence-corrected chi connectivity index (χ0v) is 16.6. The molecular weight excluding hydrogens is 388 g/mol. The fourth-order valence-electron chi connectivity index (χ4n) is 5.89. The number of rotatable bonds is 2. The Bertz CT molecular complexity index is 957. The van der Waals surface area contributed by atoms with E-state index in [1.165, 1.54) is 17.0 Å². The number of benzene rings is 1. The molecule has 0 radical (unpaired) electrons. The third-order valence-corrected chi connectivity index (χ3v) is 7.26. The molecule has 5 rings (SSSR count). The average Bonchev–Trinajstić information content (AvgIpc) is 3.23. The van der Waals surface area contributed by atoms with Gasteiger partial charge in [-0.1, -0.05) is 19.3 Å². The maximum absolute atomic E-state index is 13.9. The van der Waals surface area contributed by atoms with E-state index in [1.54, 1.807) is 6.07 Å². The molecule has 4 aliphatic rings. The van der Waals surface area contributed by atoms with Crippen molar-refractivity contribution in [2.24, 2.45) is 5.41 Å². The molecule has 1 saturated carbocycles. The summed E-state index contributed by atoms with van der Waals surface area (Å²) >= 11 is 0. The zero-order valence-electron chi connectivity index (χ0n) is 16.6. The number of hydrogen-bond donors (Lipinski definition) is 1. The number of barbiturate groups is 1. The Hall–Kier alpha value is -2.97. The number of nitro benzene ring substituents is 1. The minimum absolute atomic E-state index is 0.0644. The number of anilines is 1. The van der Waals surface area contributed by atoms with Crippen LogP contribution in [0.2, 0.25) is 0 Å². The van der Waals surface area contributed by atoms with Crippen LogP contribution in [0.5, 0.6) is 0 Å². The fraction of sp³-hybridized carbons (Fsp3) is 0.571. The van der Waals surface area contributed by atoms with Crippen LogP contribution in [-0.4, -0.2) is 46.3 Å². The number of hydrogen-bond acceptors (Lipinski definition) is 6. The average molecular weight is 412 g/mol. The molecule has 0 aromatic heterocycles. The van der Waals surface area contributed by atoms with Gasteiger partial charge in [0.2, 0.25) is 11.8 Å². The monoisotopic (exact) mass is 412 g/mol. The molecule has 4 amide bonds. The molecule has 0 unspecified atom stereocenters. The SMILES string of the molecule is O=C1NC(=O)[C@]2(Cc3cc([N+](=O)[O-])ccc3N3CCC[C@@H]32)C(=O)N1C1CCCCC1. The molecule has 3 fully saturated rings. The van der Waals surface area contributed by atoms with Crippen LogP contribution in [-0.2, 0) is 16.0 Å². The summed E-state index contributed by atoms with van der Waals surface area (Å²) in [7, 11) is 0. The quantitative estimate of drug-likeness (QED) is 0.454. The van der Waals surface area contributed by atoms with Crippen LogP contribution < -0.4 is 10.2 Å². The molecule has 9 heteroatoms. The van der Waals surface area contributed by atoms with E-state index < -0.39 is 28.2 Å². The predicted molar refractivity (Wildman–Crippen MR) is 107 cm³/mol. The highest BCUT2D eigenvalue weighted by atomic mass is 16.6. The molecule has 1 spiro atoms. The Morgan fingerprint density at radius 1 is 1.07 bits per heavy atom. The lowest BCUT2D eigenvalue weighted by Crippen LogP contribution is -2.72. The Labute approximate surface area is 173 Å². The number of non-ortho nitro benzene ring substituents is 1. The van der Waals surface area contributed by atoms with E-state index in [9.17, 15) is 24.5 Å². The van der Waals surface area contributed by atoms with Gasteiger partial charge in [0.05, 0.1) is 11.0 Å². The van der Waals surface area contributed by atoms with Crippen molar-refractivity contribution in [3.63, 3.8) is 0 Å². The number of nitrogens with zero attached hydrogens (tertiary/aromatic N) is 3. The van der Waals surface area contributed by atoms with Crippen molar-refractivity contribution in [2.45, 2.75) is 63.5 Å². The summed E-state index contributed by atoms with van der Waals surface area (Å²) in [4.78, 5) is 54.0. The van der Waals surface area contributed by atoms with Gasteiger partial charge in [-0.15, -0.1) is 0 Å². The van der Waals surface area contributed by atoms with Gasteiger partial charge < -0.3 is 4.90 Å². The van der Waals surface area contributed by atoms with Crippen molar-refractivity contribution in [1.29, 1.82) is 0 Å². The Morgan fingerprint density at radius 3 is 2.57 bits per heavy atom. The molecule has 3 aliphatic heterocycles. The summed E-state index contributed by atoms with van der Waals surface area (Å²) in [5.74, 6) is -1.00. The number of nitro groups is 1. The second kappa shape index (κ2) is 6.78. The second-order valence-electron chi connectivity index (χ2n) is 8.80. The minimum atomic E-state index is -1.43. The Balaban J connectivity index is 1.61. The number of urea groups is 1. The largest absolute Gasteiger partial charge is 0.367 e. The molecule has 1 N–H and O–H groups in total. The number of nitrogens with one attached hydrogen (secondary N) is 1. The van der Waals surface area contributed by atoms with Crippen LogP contribution in [0.4, 0.5) is 16.2 Å². The van der Waals surface area contributed by atoms with Crippen LogP contribution >= 0.6 is 0 Å². The van der Waals surface area contributed by atoms with Gasteiger partial charge in [0, 0.05) is 36.8 Å². The third-order valence-electron chi connectivity index (χ3n) is 7.26. The van der Waals surface area contributed by atoms with Crippen molar-refractivity contribution >= 4 is 29.2 Å². The number of imide groups is 2. The van der Waals surface area contributed by atoms with Gasteiger partial charge in [-0.05, 0) is 37.3 Å². The van der Waals surface area contributed by atoms with E-state index in [0.29, 0.717) is 18.5 Å². The Morgan fingerprint density at radius 2 is 1.83 bits per heavy atom. The molecule has 0 bridgehead atoms. The highest BCUT2D eigenvalue weighted by Crippen LogP contribution is 2.49. The number of fused-ring (bicyclic) bond motifs is 4. The van der Waals surface area contributed by atoms with Crippen molar-refractivity contribution in [3.8, 4) is 0 Å². The molecule has 30 heavy (non-hydrogen) atoms. The molecule has 158 valence electrons. The summed E-state index contributed by atoms with van der Waals surface area (Å²) < 4.78 is 0. The van der Waals surface area contributed by atoms with Gasteiger partial charge in [0.1, 0.15) is 0 Å². The lowest BCUT2D eigenvalue weighted by molar-refractivity contribution is -0.384. The van der Waals surface area contributed by atoms with Crippen LogP contribution in [0.15, 0.2) is 18.2 Å². The van der Waals surface area contributed by atoms with Crippen molar-refractivity contribution in [3.05, 3.63) is 33.9 Å². The van der Waals surface area contributed by atoms with E-state index in [4.69, 9.17) is 0 Å². The smallest absolute Gasteiger partial charge is 0.331 e. The maximum Gasteiger partial charge on any atom is 0.331 e. The van der Waals surface area contributed by atoms with Gasteiger partial charge >= 0.3 is 6.03 Å². The molecule has 1 aliphatic carbocycles. The van der Waals surface area contributed by atoms with Gasteiger partial charge in [-0.3, -0.25) is 29.9 Å². The number of amides is 4. The second-order valence-corrected chi connectivity index (χ2v) is 8.80. The molecular formula is C21H24N4O5. The van der Waals surface area contributed by atoms with Crippen LogP contribution in [0.3, 0.4) is 0 Å². The van der Waals surface area contributed by atoms with Gasteiger partial charge in [0.15, 0.2) is 5.41 Å². The maximum atomic E-state index is 13.9. The zero-order chi connectivity index (χ0) is 21.0. The first-order chi connectivity index (χ1) is 14.4. The summed E-state index contributed by atoms with van der Waals surface area (Å²) in [5, 5.41) is 13.8. The summed E-state index contributed by atoms with van der Waals surface area (Å²) in [5.41, 5.74) is -0.0333. The highest BCUT2D eigenvalue weighted by molar-refractivity contribution is 6.20. The summed E-state index contributed by atoms with van der Waals surface area (Å²) in [6, 6.07) is 3.47. The lowest BCUT2D eigenvalue weighted by Gasteiger charge is -2.51. The Kier molecular flexibility index (Phi) is 4.30. The number of carbonyl (C=O) groups is 3. The van der Waals surface area contributed by atoms with Crippen LogP contribution in [0.25, 0.3) is 0 Å². The molecule has 2 saturated heterocycles. The van der Waals surface area contributed by atoms with Crippen LogP contribution in [0.1, 0.15) is 50.5 Å². The van der Waals surface area contributed by atoms with E-state index in [2.05, 4.69) is 5.32 Å².